The van der Waals surface area contributed by atoms with E-state index < -0.39 is 5.97 Å². The van der Waals surface area contributed by atoms with Gasteiger partial charge in [0.25, 0.3) is 0 Å². The van der Waals surface area contributed by atoms with Gasteiger partial charge in [-0.05, 0) is 23.3 Å². The van der Waals surface area contributed by atoms with Crippen molar-refractivity contribution in [3.8, 4) is 16.9 Å². The van der Waals surface area contributed by atoms with E-state index >= 15 is 0 Å². The van der Waals surface area contributed by atoms with Gasteiger partial charge in [0, 0.05) is 11.6 Å². The average Bonchev–Trinajstić information content (AvgIpc) is 2.62. The molecule has 0 fully saturated rings. The van der Waals surface area contributed by atoms with Gasteiger partial charge in [-0.25, -0.2) is 4.79 Å². The molecular weight excluding hydrogens is 284 g/mol. The normalized spacial score (nSPS) is 10.6. The summed E-state index contributed by atoms with van der Waals surface area (Å²) >= 11 is 0. The summed E-state index contributed by atoms with van der Waals surface area (Å²) in [4.78, 5) is 12.1. The second kappa shape index (κ2) is 7.23. The zero-order valence-electron chi connectivity index (χ0n) is 12.6. The minimum Gasteiger partial charge on any atom is -0.423 e. The summed E-state index contributed by atoms with van der Waals surface area (Å²) in [5.41, 5.74) is 2.87. The Kier molecular flexibility index (Phi) is 4.65. The third kappa shape index (κ3) is 3.95. The van der Waals surface area contributed by atoms with E-state index in [2.05, 4.69) is 0 Å². The second-order valence-electron chi connectivity index (χ2n) is 5.03. The van der Waals surface area contributed by atoms with Gasteiger partial charge in [-0.3, -0.25) is 0 Å². The van der Waals surface area contributed by atoms with Crippen LogP contribution in [-0.4, -0.2) is 5.97 Å². The number of hydrogen-bond donors (Lipinski definition) is 0. The van der Waals surface area contributed by atoms with E-state index in [0.29, 0.717) is 5.75 Å². The Hall–Kier alpha value is -3.13. The number of rotatable bonds is 4. The minimum atomic E-state index is -0.391. The Morgan fingerprint density at radius 3 is 2.09 bits per heavy atom. The van der Waals surface area contributed by atoms with E-state index in [0.717, 1.165) is 16.7 Å². The first-order valence-corrected chi connectivity index (χ1v) is 7.42. The molecule has 0 bridgehead atoms. The number of benzene rings is 3. The smallest absolute Gasteiger partial charge is 0.336 e. The lowest BCUT2D eigenvalue weighted by atomic mass is 10.1. The molecule has 3 aromatic rings. The highest BCUT2D eigenvalue weighted by atomic mass is 16.5. The summed E-state index contributed by atoms with van der Waals surface area (Å²) in [7, 11) is 0. The van der Waals surface area contributed by atoms with Crippen molar-refractivity contribution in [2.45, 2.75) is 0 Å². The van der Waals surface area contributed by atoms with Crippen LogP contribution in [0.15, 0.2) is 91.0 Å². The first-order chi connectivity index (χ1) is 11.3. The molecule has 0 heterocycles. The first kappa shape index (κ1) is 14.8. The van der Waals surface area contributed by atoms with E-state index in [9.17, 15) is 4.79 Å². The topological polar surface area (TPSA) is 26.3 Å². The highest BCUT2D eigenvalue weighted by molar-refractivity contribution is 5.90. The molecule has 0 saturated carbocycles. The van der Waals surface area contributed by atoms with Gasteiger partial charge >= 0.3 is 5.97 Å². The van der Waals surface area contributed by atoms with Crippen molar-refractivity contribution in [1.29, 1.82) is 0 Å². The van der Waals surface area contributed by atoms with Crippen LogP contribution in [0.25, 0.3) is 17.2 Å². The zero-order chi connectivity index (χ0) is 15.9. The third-order valence-corrected chi connectivity index (χ3v) is 3.39. The average molecular weight is 300 g/mol. The lowest BCUT2D eigenvalue weighted by Gasteiger charge is -2.08. The molecule has 0 saturated heterocycles. The van der Waals surface area contributed by atoms with E-state index in [1.54, 1.807) is 12.1 Å². The molecule has 0 unspecified atom stereocenters. The summed E-state index contributed by atoms with van der Waals surface area (Å²) < 4.78 is 5.50. The van der Waals surface area contributed by atoms with Crippen LogP contribution >= 0.6 is 0 Å². The van der Waals surface area contributed by atoms with Crippen LogP contribution in [0.5, 0.6) is 5.75 Å². The summed E-state index contributed by atoms with van der Waals surface area (Å²) in [5, 5.41) is 0. The van der Waals surface area contributed by atoms with Crippen molar-refractivity contribution in [1.82, 2.24) is 0 Å². The SMILES string of the molecule is O=C(C=Cc1ccccc1)Oc1ccccc1-c1ccccc1. The van der Waals surface area contributed by atoms with Gasteiger partial charge in [-0.2, -0.15) is 0 Å². The molecule has 0 aliphatic carbocycles. The van der Waals surface area contributed by atoms with Crippen LogP contribution in [0, 0.1) is 0 Å². The molecule has 0 aromatic heterocycles. The molecule has 0 spiro atoms. The van der Waals surface area contributed by atoms with Gasteiger partial charge in [0.2, 0.25) is 0 Å². The fourth-order valence-corrected chi connectivity index (χ4v) is 2.28. The van der Waals surface area contributed by atoms with E-state index in [1.807, 2.05) is 78.9 Å². The molecule has 0 amide bonds. The largest absolute Gasteiger partial charge is 0.423 e. The van der Waals surface area contributed by atoms with Crippen LogP contribution in [0.4, 0.5) is 0 Å². The van der Waals surface area contributed by atoms with Crippen molar-refractivity contribution in [2.75, 3.05) is 0 Å². The van der Waals surface area contributed by atoms with Gasteiger partial charge in [-0.15, -0.1) is 0 Å². The molecule has 0 aliphatic rings. The van der Waals surface area contributed by atoms with Crippen LogP contribution < -0.4 is 4.74 Å². The Bertz CT molecular complexity index is 806. The van der Waals surface area contributed by atoms with Gasteiger partial charge < -0.3 is 4.74 Å². The minimum absolute atomic E-state index is 0.391. The molecule has 0 aliphatic heterocycles. The Balaban J connectivity index is 1.78. The van der Waals surface area contributed by atoms with Gasteiger partial charge in [0.05, 0.1) is 0 Å². The zero-order valence-corrected chi connectivity index (χ0v) is 12.6. The lowest BCUT2D eigenvalue weighted by Crippen LogP contribution is -2.04. The number of ether oxygens (including phenoxy) is 1. The maximum atomic E-state index is 12.1. The van der Waals surface area contributed by atoms with Crippen LogP contribution in [0.2, 0.25) is 0 Å². The number of para-hydroxylation sites is 1. The Labute approximate surface area is 135 Å². The van der Waals surface area contributed by atoms with Crippen molar-refractivity contribution in [3.05, 3.63) is 96.6 Å². The third-order valence-electron chi connectivity index (χ3n) is 3.39. The van der Waals surface area contributed by atoms with E-state index in [4.69, 9.17) is 4.74 Å². The molecule has 2 nitrogen and oxygen atoms in total. The van der Waals surface area contributed by atoms with Crippen LogP contribution in [0.1, 0.15) is 5.56 Å². The quantitative estimate of drug-likeness (QED) is 0.386. The monoisotopic (exact) mass is 300 g/mol. The second-order valence-corrected chi connectivity index (χ2v) is 5.03. The molecule has 112 valence electrons. The predicted molar refractivity (Wildman–Crippen MR) is 93.0 cm³/mol. The summed E-state index contributed by atoms with van der Waals surface area (Å²) in [6.07, 6.45) is 3.19. The molecule has 2 heteroatoms. The standard InChI is InChI=1S/C21H16O2/c22-21(16-15-17-9-3-1-4-10-17)23-20-14-8-7-13-19(20)18-11-5-2-6-12-18/h1-16H. The van der Waals surface area contributed by atoms with Gasteiger partial charge in [-0.1, -0.05) is 78.9 Å². The van der Waals surface area contributed by atoms with Crippen molar-refractivity contribution in [3.63, 3.8) is 0 Å². The number of carbonyl (C=O) groups is 1. The van der Waals surface area contributed by atoms with Crippen molar-refractivity contribution in [2.24, 2.45) is 0 Å². The molecular formula is C21H16O2. The number of hydrogen-bond acceptors (Lipinski definition) is 2. The molecule has 0 N–H and O–H groups in total. The molecule has 23 heavy (non-hydrogen) atoms. The summed E-state index contributed by atoms with van der Waals surface area (Å²) in [6.45, 7) is 0. The number of esters is 1. The molecule has 0 atom stereocenters. The Morgan fingerprint density at radius 2 is 1.35 bits per heavy atom. The summed E-state index contributed by atoms with van der Waals surface area (Å²) in [5.74, 6) is 0.165. The first-order valence-electron chi connectivity index (χ1n) is 7.42. The van der Waals surface area contributed by atoms with Crippen LogP contribution in [-0.2, 0) is 4.79 Å². The van der Waals surface area contributed by atoms with E-state index in [1.165, 1.54) is 6.08 Å². The molecule has 0 radical (unpaired) electrons. The lowest BCUT2D eigenvalue weighted by molar-refractivity contribution is -0.128. The fraction of sp³-hybridized carbons (Fsp3) is 0. The van der Waals surface area contributed by atoms with E-state index in [-0.39, 0.29) is 0 Å². The highest BCUT2D eigenvalue weighted by Crippen LogP contribution is 2.29. The van der Waals surface area contributed by atoms with Gasteiger partial charge in [0.15, 0.2) is 0 Å². The maximum absolute atomic E-state index is 12.1. The van der Waals surface area contributed by atoms with Crippen LogP contribution in [0.3, 0.4) is 0 Å². The molecule has 3 rings (SSSR count). The number of carbonyl (C=O) groups excluding carboxylic acids is 1. The van der Waals surface area contributed by atoms with Gasteiger partial charge in [0.1, 0.15) is 5.75 Å². The van der Waals surface area contributed by atoms with Crippen molar-refractivity contribution < 1.29 is 9.53 Å². The fourth-order valence-electron chi connectivity index (χ4n) is 2.28. The summed E-state index contributed by atoms with van der Waals surface area (Å²) in [6, 6.07) is 27.1. The predicted octanol–water partition coefficient (Wildman–Crippen LogP) is 4.97. The Morgan fingerprint density at radius 1 is 0.739 bits per heavy atom. The highest BCUT2D eigenvalue weighted by Gasteiger charge is 2.08. The van der Waals surface area contributed by atoms with Crippen molar-refractivity contribution >= 4 is 12.0 Å². The maximum Gasteiger partial charge on any atom is 0.336 e. The molecule has 3 aromatic carbocycles.